The van der Waals surface area contributed by atoms with Gasteiger partial charge in [-0.05, 0) is 39.7 Å². The first-order valence-corrected chi connectivity index (χ1v) is 6.85. The van der Waals surface area contributed by atoms with Crippen LogP contribution in [0, 0.1) is 26.0 Å². The van der Waals surface area contributed by atoms with Crippen LogP contribution in [0.1, 0.15) is 5.56 Å². The number of non-ortho nitro benzene ring substituents is 1. The van der Waals surface area contributed by atoms with Gasteiger partial charge < -0.3 is 0 Å². The number of hydrogen-bond acceptors (Lipinski definition) is 6. The summed E-state index contributed by atoms with van der Waals surface area (Å²) in [5.41, 5.74) is 2.12. The zero-order chi connectivity index (χ0) is 17.0. The van der Waals surface area contributed by atoms with E-state index >= 15 is 0 Å². The van der Waals surface area contributed by atoms with Crippen molar-refractivity contribution in [2.45, 2.75) is 0 Å². The lowest BCUT2D eigenvalue weighted by molar-refractivity contribution is -0.393. The van der Waals surface area contributed by atoms with Crippen LogP contribution in [0.3, 0.4) is 0 Å². The molecule has 0 aromatic heterocycles. The molecule has 2 aromatic carbocycles. The number of hydrogen-bond donors (Lipinski definition) is 1. The molecule has 0 aliphatic carbocycles. The SMILES string of the molecule is O=[N+]([O-])c1ccc(N/N=C/c2ccc(F)c(Br)c2)c([N+](=O)[O-])c1. The van der Waals surface area contributed by atoms with Crippen molar-refractivity contribution in [3.8, 4) is 0 Å². The van der Waals surface area contributed by atoms with Gasteiger partial charge in [0.05, 0.1) is 26.6 Å². The van der Waals surface area contributed by atoms with Crippen LogP contribution in [0.5, 0.6) is 0 Å². The van der Waals surface area contributed by atoms with Crippen LogP contribution >= 0.6 is 15.9 Å². The van der Waals surface area contributed by atoms with Gasteiger partial charge >= 0.3 is 5.69 Å². The van der Waals surface area contributed by atoms with E-state index in [2.05, 4.69) is 26.5 Å². The summed E-state index contributed by atoms with van der Waals surface area (Å²) in [5.74, 6) is -0.430. The Morgan fingerprint density at radius 3 is 2.48 bits per heavy atom. The first-order chi connectivity index (χ1) is 10.9. The van der Waals surface area contributed by atoms with Crippen LogP contribution in [0.4, 0.5) is 21.5 Å². The highest BCUT2D eigenvalue weighted by atomic mass is 79.9. The predicted octanol–water partition coefficient (Wildman–Crippen LogP) is 3.85. The molecule has 0 bridgehead atoms. The molecule has 2 rings (SSSR count). The van der Waals surface area contributed by atoms with E-state index in [0.29, 0.717) is 5.56 Å². The molecule has 0 atom stereocenters. The predicted molar refractivity (Wildman–Crippen MR) is 85.1 cm³/mol. The van der Waals surface area contributed by atoms with Crippen molar-refractivity contribution < 1.29 is 14.2 Å². The summed E-state index contributed by atoms with van der Waals surface area (Å²) in [6.45, 7) is 0. The highest BCUT2D eigenvalue weighted by Crippen LogP contribution is 2.28. The maximum atomic E-state index is 13.1. The van der Waals surface area contributed by atoms with Gasteiger partial charge in [0.25, 0.3) is 5.69 Å². The summed E-state index contributed by atoms with van der Waals surface area (Å²) >= 11 is 3.02. The Balaban J connectivity index is 2.22. The molecule has 0 fully saturated rings. The minimum atomic E-state index is -0.751. The molecule has 0 saturated carbocycles. The van der Waals surface area contributed by atoms with Crippen LogP contribution in [-0.2, 0) is 0 Å². The smallest absolute Gasteiger partial charge is 0.272 e. The summed E-state index contributed by atoms with van der Waals surface area (Å²) in [7, 11) is 0. The molecule has 2 aromatic rings. The first-order valence-electron chi connectivity index (χ1n) is 6.05. The molecule has 0 unspecified atom stereocenters. The van der Waals surface area contributed by atoms with Crippen LogP contribution in [-0.4, -0.2) is 16.1 Å². The normalized spacial score (nSPS) is 10.7. The molecule has 0 radical (unpaired) electrons. The maximum absolute atomic E-state index is 13.1. The number of halogens is 2. The average Bonchev–Trinajstić information content (AvgIpc) is 2.50. The molecule has 0 saturated heterocycles. The third kappa shape index (κ3) is 4.07. The quantitative estimate of drug-likeness (QED) is 0.479. The Labute approximate surface area is 137 Å². The highest BCUT2D eigenvalue weighted by Gasteiger charge is 2.19. The van der Waals surface area contributed by atoms with Crippen molar-refractivity contribution in [3.05, 3.63) is 72.5 Å². The van der Waals surface area contributed by atoms with Crippen LogP contribution in [0.25, 0.3) is 0 Å². The fourth-order valence-corrected chi connectivity index (χ4v) is 2.04. The van der Waals surface area contributed by atoms with E-state index in [4.69, 9.17) is 0 Å². The van der Waals surface area contributed by atoms with E-state index in [1.165, 1.54) is 30.5 Å². The minimum absolute atomic E-state index is 0.00183. The Morgan fingerprint density at radius 2 is 1.87 bits per heavy atom. The first kappa shape index (κ1) is 16.5. The molecule has 0 aliphatic rings. The monoisotopic (exact) mass is 382 g/mol. The van der Waals surface area contributed by atoms with Gasteiger partial charge in [0, 0.05) is 6.07 Å². The van der Waals surface area contributed by atoms with Crippen molar-refractivity contribution in [1.82, 2.24) is 0 Å². The summed E-state index contributed by atoms with van der Waals surface area (Å²) in [5, 5.41) is 25.4. The number of hydrazone groups is 1. The molecule has 0 spiro atoms. The average molecular weight is 383 g/mol. The van der Waals surface area contributed by atoms with Gasteiger partial charge in [0.15, 0.2) is 0 Å². The number of benzene rings is 2. The Morgan fingerprint density at radius 1 is 1.13 bits per heavy atom. The van der Waals surface area contributed by atoms with Crippen molar-refractivity contribution in [1.29, 1.82) is 0 Å². The number of rotatable bonds is 5. The van der Waals surface area contributed by atoms with E-state index in [-0.39, 0.29) is 10.2 Å². The van der Waals surface area contributed by atoms with Crippen molar-refractivity contribution in [2.24, 2.45) is 5.10 Å². The number of nitro groups is 2. The zero-order valence-corrected chi connectivity index (χ0v) is 12.9. The van der Waals surface area contributed by atoms with Gasteiger partial charge in [-0.15, -0.1) is 0 Å². The van der Waals surface area contributed by atoms with E-state index in [1.807, 2.05) is 0 Å². The molecule has 118 valence electrons. The molecular weight excluding hydrogens is 375 g/mol. The molecule has 0 aliphatic heterocycles. The largest absolute Gasteiger partial charge is 0.301 e. The number of anilines is 1. The summed E-state index contributed by atoms with van der Waals surface area (Å²) in [6, 6.07) is 7.33. The van der Waals surface area contributed by atoms with Crippen molar-refractivity contribution in [2.75, 3.05) is 5.43 Å². The van der Waals surface area contributed by atoms with E-state index < -0.39 is 27.0 Å². The van der Waals surface area contributed by atoms with Gasteiger partial charge in [-0.1, -0.05) is 6.07 Å². The summed E-state index contributed by atoms with van der Waals surface area (Å²) < 4.78 is 13.3. The third-order valence-corrected chi connectivity index (χ3v) is 3.34. The molecule has 23 heavy (non-hydrogen) atoms. The second-order valence-corrected chi connectivity index (χ2v) is 5.11. The second-order valence-electron chi connectivity index (χ2n) is 4.26. The van der Waals surface area contributed by atoms with Crippen LogP contribution in [0.15, 0.2) is 46.0 Å². The van der Waals surface area contributed by atoms with Crippen LogP contribution in [0.2, 0.25) is 0 Å². The Hall–Kier alpha value is -2.88. The maximum Gasteiger partial charge on any atom is 0.301 e. The molecular formula is C13H8BrFN4O4. The zero-order valence-electron chi connectivity index (χ0n) is 11.3. The van der Waals surface area contributed by atoms with Gasteiger partial charge in [0.1, 0.15) is 11.5 Å². The fourth-order valence-electron chi connectivity index (χ4n) is 1.65. The van der Waals surface area contributed by atoms with E-state index in [1.54, 1.807) is 0 Å². The number of nitro benzene ring substituents is 2. The Kier molecular flexibility index (Phi) is 4.96. The second kappa shape index (κ2) is 6.92. The van der Waals surface area contributed by atoms with Crippen LogP contribution < -0.4 is 5.43 Å². The standard InChI is InChI=1S/C13H8BrFN4O4/c14-10-5-8(1-3-11(10)15)7-16-17-12-4-2-9(18(20)21)6-13(12)19(22)23/h1-7,17H/b16-7+. The topological polar surface area (TPSA) is 111 Å². The number of nitrogens with one attached hydrogen (secondary N) is 1. The minimum Gasteiger partial charge on any atom is -0.272 e. The molecule has 0 amide bonds. The Bertz CT molecular complexity index is 813. The molecule has 0 heterocycles. The van der Waals surface area contributed by atoms with E-state index in [9.17, 15) is 24.6 Å². The van der Waals surface area contributed by atoms with Gasteiger partial charge in [-0.2, -0.15) is 5.10 Å². The highest BCUT2D eigenvalue weighted by molar-refractivity contribution is 9.10. The van der Waals surface area contributed by atoms with E-state index in [0.717, 1.165) is 12.1 Å². The molecule has 8 nitrogen and oxygen atoms in total. The van der Waals surface area contributed by atoms with Crippen molar-refractivity contribution in [3.63, 3.8) is 0 Å². The lowest BCUT2D eigenvalue weighted by atomic mass is 10.2. The fraction of sp³-hybridized carbons (Fsp3) is 0. The van der Waals surface area contributed by atoms with Gasteiger partial charge in [-0.25, -0.2) is 4.39 Å². The van der Waals surface area contributed by atoms with Gasteiger partial charge in [-0.3, -0.25) is 25.7 Å². The summed E-state index contributed by atoms with van der Waals surface area (Å²) in [4.78, 5) is 20.1. The third-order valence-electron chi connectivity index (χ3n) is 2.73. The lowest BCUT2D eigenvalue weighted by Crippen LogP contribution is -1.98. The molecule has 1 N–H and O–H groups in total. The lowest BCUT2D eigenvalue weighted by Gasteiger charge is -2.02. The van der Waals surface area contributed by atoms with Gasteiger partial charge in [0.2, 0.25) is 0 Å². The molecule has 10 heteroatoms. The number of nitrogens with zero attached hydrogens (tertiary/aromatic N) is 3. The summed E-state index contributed by atoms with van der Waals surface area (Å²) in [6.07, 6.45) is 1.33. The van der Waals surface area contributed by atoms with Crippen molar-refractivity contribution >= 4 is 39.2 Å².